The van der Waals surface area contributed by atoms with Gasteiger partial charge in [0.1, 0.15) is 11.5 Å². The highest BCUT2D eigenvalue weighted by atomic mass is 19.1. The molecule has 21 heavy (non-hydrogen) atoms. The molecule has 2 rings (SSSR count). The molecule has 106 valence electrons. The van der Waals surface area contributed by atoms with Gasteiger partial charge in [-0.2, -0.15) is 0 Å². The lowest BCUT2D eigenvalue weighted by atomic mass is 10.2. The lowest BCUT2D eigenvalue weighted by Crippen LogP contribution is -1.90. The molecule has 0 unspecified atom stereocenters. The van der Waals surface area contributed by atoms with E-state index in [-0.39, 0.29) is 17.1 Å². The Morgan fingerprint density at radius 1 is 1.00 bits per heavy atom. The lowest BCUT2D eigenvalue weighted by molar-refractivity contribution is -0.385. The summed E-state index contributed by atoms with van der Waals surface area (Å²) in [5, 5.41) is 21.2. The molecule has 0 aliphatic heterocycles. The first-order chi connectivity index (χ1) is 9.97. The summed E-state index contributed by atoms with van der Waals surface area (Å²) in [6.07, 6.45) is 1.20. The van der Waals surface area contributed by atoms with Crippen molar-refractivity contribution in [3.05, 3.63) is 74.1 Å². The zero-order chi connectivity index (χ0) is 15.4. The highest BCUT2D eigenvalue weighted by molar-refractivity contribution is 5.83. The number of nitro benzene ring substituents is 2. The predicted octanol–water partition coefficient (Wildman–Crippen LogP) is 3.39. The maximum atomic E-state index is 13.5. The normalized spacial score (nSPS) is 10.7. The third kappa shape index (κ3) is 3.44. The lowest BCUT2D eigenvalue weighted by Gasteiger charge is -1.97. The first-order valence-corrected chi connectivity index (χ1v) is 5.70. The highest BCUT2D eigenvalue weighted by Crippen LogP contribution is 2.24. The number of aliphatic imine (C=N–C) groups is 1. The molecule has 0 saturated carbocycles. The van der Waals surface area contributed by atoms with Gasteiger partial charge in [-0.1, -0.05) is 12.1 Å². The van der Waals surface area contributed by atoms with Gasteiger partial charge in [0.25, 0.3) is 11.4 Å². The number of rotatable bonds is 4. The van der Waals surface area contributed by atoms with E-state index in [0.717, 1.165) is 18.2 Å². The summed E-state index contributed by atoms with van der Waals surface area (Å²) in [5.41, 5.74) is -0.244. The topological polar surface area (TPSA) is 98.6 Å². The third-order valence-electron chi connectivity index (χ3n) is 2.57. The number of nitrogens with zero attached hydrogens (tertiary/aromatic N) is 3. The molecular formula is C13H8FN3O4. The van der Waals surface area contributed by atoms with E-state index in [1.54, 1.807) is 6.07 Å². The molecule has 2 aromatic carbocycles. The minimum Gasteiger partial charge on any atom is -0.258 e. The van der Waals surface area contributed by atoms with E-state index in [0.29, 0.717) is 5.56 Å². The van der Waals surface area contributed by atoms with Crippen molar-refractivity contribution in [1.82, 2.24) is 0 Å². The van der Waals surface area contributed by atoms with Gasteiger partial charge in [0.15, 0.2) is 0 Å². The number of halogens is 1. The summed E-state index contributed by atoms with van der Waals surface area (Å²) in [6.45, 7) is 0. The number of hydrogen-bond acceptors (Lipinski definition) is 5. The van der Waals surface area contributed by atoms with E-state index in [2.05, 4.69) is 4.99 Å². The van der Waals surface area contributed by atoms with E-state index in [4.69, 9.17) is 0 Å². The fourth-order valence-corrected chi connectivity index (χ4v) is 1.58. The quantitative estimate of drug-likeness (QED) is 0.489. The Morgan fingerprint density at radius 2 is 1.67 bits per heavy atom. The second-order valence-corrected chi connectivity index (χ2v) is 4.00. The molecule has 7 nitrogen and oxygen atoms in total. The monoisotopic (exact) mass is 289 g/mol. The SMILES string of the molecule is O=[N+]([O-])c1cccc(C=Nc2cc([N+](=O)[O-])ccc2F)c1. The molecule has 0 aliphatic carbocycles. The van der Waals surface area contributed by atoms with Crippen LogP contribution in [0.4, 0.5) is 21.5 Å². The summed E-state index contributed by atoms with van der Waals surface area (Å²) < 4.78 is 13.5. The zero-order valence-corrected chi connectivity index (χ0v) is 10.5. The maximum Gasteiger partial charge on any atom is 0.271 e. The van der Waals surface area contributed by atoms with Gasteiger partial charge in [-0.15, -0.1) is 0 Å². The van der Waals surface area contributed by atoms with E-state index < -0.39 is 15.7 Å². The van der Waals surface area contributed by atoms with E-state index in [1.807, 2.05) is 0 Å². The van der Waals surface area contributed by atoms with Crippen LogP contribution in [0, 0.1) is 26.0 Å². The number of hydrogen-bond donors (Lipinski definition) is 0. The predicted molar refractivity (Wildman–Crippen MR) is 73.4 cm³/mol. The average Bonchev–Trinajstić information content (AvgIpc) is 2.46. The molecular weight excluding hydrogens is 281 g/mol. The first-order valence-electron chi connectivity index (χ1n) is 5.70. The van der Waals surface area contributed by atoms with Gasteiger partial charge in [-0.25, -0.2) is 4.39 Å². The summed E-state index contributed by atoms with van der Waals surface area (Å²) in [5.74, 6) is -0.720. The van der Waals surface area contributed by atoms with Gasteiger partial charge in [0, 0.05) is 30.5 Å². The zero-order valence-electron chi connectivity index (χ0n) is 10.5. The number of non-ortho nitro benzene ring substituents is 2. The van der Waals surface area contributed by atoms with Crippen LogP contribution in [0.5, 0.6) is 0 Å². The van der Waals surface area contributed by atoms with Crippen molar-refractivity contribution in [2.45, 2.75) is 0 Å². The van der Waals surface area contributed by atoms with Crippen LogP contribution < -0.4 is 0 Å². The molecule has 0 atom stereocenters. The van der Waals surface area contributed by atoms with Crippen molar-refractivity contribution < 1.29 is 14.2 Å². The van der Waals surface area contributed by atoms with Crippen LogP contribution in [-0.2, 0) is 0 Å². The maximum absolute atomic E-state index is 13.5. The van der Waals surface area contributed by atoms with Gasteiger partial charge >= 0.3 is 0 Å². The molecule has 0 heterocycles. The van der Waals surface area contributed by atoms with Crippen LogP contribution in [0.1, 0.15) is 5.56 Å². The van der Waals surface area contributed by atoms with Gasteiger partial charge in [-0.3, -0.25) is 25.2 Å². The molecule has 8 heteroatoms. The fourth-order valence-electron chi connectivity index (χ4n) is 1.58. The molecule has 0 bridgehead atoms. The van der Waals surface area contributed by atoms with Crippen molar-refractivity contribution in [3.63, 3.8) is 0 Å². The van der Waals surface area contributed by atoms with E-state index in [9.17, 15) is 24.6 Å². The van der Waals surface area contributed by atoms with Gasteiger partial charge in [0.2, 0.25) is 0 Å². The second kappa shape index (κ2) is 5.87. The Kier molecular flexibility index (Phi) is 3.98. The smallest absolute Gasteiger partial charge is 0.258 e. The summed E-state index contributed by atoms with van der Waals surface area (Å²) in [6, 6.07) is 8.54. The largest absolute Gasteiger partial charge is 0.271 e. The standard InChI is InChI=1S/C13H8FN3O4/c14-12-5-4-11(17(20)21)7-13(12)15-8-9-2-1-3-10(6-9)16(18)19/h1-8H. The van der Waals surface area contributed by atoms with Gasteiger partial charge in [0.05, 0.1) is 9.85 Å². The van der Waals surface area contributed by atoms with Crippen LogP contribution >= 0.6 is 0 Å². The van der Waals surface area contributed by atoms with Crippen LogP contribution in [0.3, 0.4) is 0 Å². The fraction of sp³-hybridized carbons (Fsp3) is 0. The molecule has 0 aromatic heterocycles. The molecule has 0 radical (unpaired) electrons. The van der Waals surface area contributed by atoms with Crippen molar-refractivity contribution in [3.8, 4) is 0 Å². The second-order valence-electron chi connectivity index (χ2n) is 4.00. The van der Waals surface area contributed by atoms with Crippen LogP contribution in [0.2, 0.25) is 0 Å². The van der Waals surface area contributed by atoms with Gasteiger partial charge in [-0.05, 0) is 11.6 Å². The van der Waals surface area contributed by atoms with Crippen molar-refractivity contribution in [2.75, 3.05) is 0 Å². The van der Waals surface area contributed by atoms with E-state index in [1.165, 1.54) is 24.4 Å². The Balaban J connectivity index is 2.33. The Morgan fingerprint density at radius 3 is 2.33 bits per heavy atom. The minimum absolute atomic E-state index is 0.126. The van der Waals surface area contributed by atoms with Crippen molar-refractivity contribution >= 4 is 23.3 Å². The summed E-state index contributed by atoms with van der Waals surface area (Å²) in [7, 11) is 0. The molecule has 0 spiro atoms. The first kappa shape index (κ1) is 14.3. The van der Waals surface area contributed by atoms with Gasteiger partial charge < -0.3 is 0 Å². The molecule has 2 aromatic rings. The summed E-state index contributed by atoms with van der Waals surface area (Å²) >= 11 is 0. The summed E-state index contributed by atoms with van der Waals surface area (Å²) in [4.78, 5) is 23.8. The number of nitro groups is 2. The average molecular weight is 289 g/mol. The van der Waals surface area contributed by atoms with Crippen LogP contribution in [-0.4, -0.2) is 16.1 Å². The molecule has 0 N–H and O–H groups in total. The Bertz CT molecular complexity index is 746. The van der Waals surface area contributed by atoms with Crippen LogP contribution in [0.25, 0.3) is 0 Å². The molecule has 0 fully saturated rings. The number of benzene rings is 2. The van der Waals surface area contributed by atoms with E-state index >= 15 is 0 Å². The van der Waals surface area contributed by atoms with Crippen LogP contribution in [0.15, 0.2) is 47.5 Å². The highest BCUT2D eigenvalue weighted by Gasteiger charge is 2.10. The third-order valence-corrected chi connectivity index (χ3v) is 2.57. The molecule has 0 saturated heterocycles. The molecule has 0 amide bonds. The Hall–Kier alpha value is -3.16. The molecule has 0 aliphatic rings. The Labute approximate surface area is 117 Å². The minimum atomic E-state index is -0.720. The van der Waals surface area contributed by atoms with Crippen molar-refractivity contribution in [1.29, 1.82) is 0 Å². The van der Waals surface area contributed by atoms with Crippen molar-refractivity contribution in [2.24, 2.45) is 4.99 Å².